The number of hydrogen-bond donors (Lipinski definition) is 1. The molecule has 0 saturated heterocycles. The Bertz CT molecular complexity index is 377. The largest absolute Gasteiger partial charge is 0.325 e. The SMILES string of the molecule is NC1(C2CCCc3ccccc32)CCCC1. The fraction of sp³-hybridized carbons (Fsp3) is 0.600. The van der Waals surface area contributed by atoms with Gasteiger partial charge in [-0.2, -0.15) is 0 Å². The normalized spacial score (nSPS) is 27.7. The minimum absolute atomic E-state index is 0.108. The molecule has 1 fully saturated rings. The second-order valence-corrected chi connectivity index (χ2v) is 5.58. The van der Waals surface area contributed by atoms with E-state index in [4.69, 9.17) is 5.73 Å². The van der Waals surface area contributed by atoms with Crippen LogP contribution in [0.1, 0.15) is 55.6 Å². The van der Waals surface area contributed by atoms with Crippen LogP contribution in [0.25, 0.3) is 0 Å². The molecule has 2 aliphatic rings. The third kappa shape index (κ3) is 1.58. The predicted octanol–water partition coefficient (Wildman–Crippen LogP) is 3.38. The summed E-state index contributed by atoms with van der Waals surface area (Å²) in [6.07, 6.45) is 8.99. The highest BCUT2D eigenvalue weighted by atomic mass is 14.8. The predicted molar refractivity (Wildman–Crippen MR) is 67.5 cm³/mol. The van der Waals surface area contributed by atoms with Crippen LogP contribution < -0.4 is 5.73 Å². The van der Waals surface area contributed by atoms with Gasteiger partial charge in [-0.15, -0.1) is 0 Å². The standard InChI is InChI=1S/C15H21N/c16-15(10-3-4-11-15)14-9-5-7-12-6-1-2-8-13(12)14/h1-2,6,8,14H,3-5,7,9-11,16H2. The van der Waals surface area contributed by atoms with Crippen LogP contribution in [0.3, 0.4) is 0 Å². The molecular weight excluding hydrogens is 194 g/mol. The molecule has 3 rings (SSSR count). The van der Waals surface area contributed by atoms with Crippen molar-refractivity contribution in [3.63, 3.8) is 0 Å². The van der Waals surface area contributed by atoms with Crippen molar-refractivity contribution in [2.24, 2.45) is 5.73 Å². The zero-order chi connectivity index (χ0) is 11.0. The molecule has 1 aromatic carbocycles. The van der Waals surface area contributed by atoms with Gasteiger partial charge in [-0.1, -0.05) is 37.1 Å². The number of fused-ring (bicyclic) bond motifs is 1. The van der Waals surface area contributed by atoms with Crippen LogP contribution >= 0.6 is 0 Å². The van der Waals surface area contributed by atoms with Crippen molar-refractivity contribution < 1.29 is 0 Å². The first-order valence-corrected chi connectivity index (χ1v) is 6.66. The molecule has 0 bridgehead atoms. The van der Waals surface area contributed by atoms with E-state index in [1.807, 2.05) is 0 Å². The first kappa shape index (κ1) is 10.3. The Hall–Kier alpha value is -0.820. The van der Waals surface area contributed by atoms with Crippen molar-refractivity contribution in [3.05, 3.63) is 35.4 Å². The Balaban J connectivity index is 1.98. The maximum Gasteiger partial charge on any atom is 0.0223 e. The summed E-state index contributed by atoms with van der Waals surface area (Å²) in [7, 11) is 0. The van der Waals surface area contributed by atoms with Gasteiger partial charge in [0.1, 0.15) is 0 Å². The number of rotatable bonds is 1. The van der Waals surface area contributed by atoms with Gasteiger partial charge in [0.05, 0.1) is 0 Å². The first-order valence-electron chi connectivity index (χ1n) is 6.66. The molecular formula is C15H21N. The van der Waals surface area contributed by atoms with E-state index in [0.717, 1.165) is 0 Å². The molecule has 0 aliphatic heterocycles. The van der Waals surface area contributed by atoms with Gasteiger partial charge in [-0.05, 0) is 43.2 Å². The van der Waals surface area contributed by atoms with E-state index in [9.17, 15) is 0 Å². The molecule has 1 heteroatoms. The highest BCUT2D eigenvalue weighted by Gasteiger charge is 2.39. The van der Waals surface area contributed by atoms with Crippen molar-refractivity contribution >= 4 is 0 Å². The van der Waals surface area contributed by atoms with Crippen molar-refractivity contribution in [1.82, 2.24) is 0 Å². The van der Waals surface area contributed by atoms with Crippen LogP contribution in [0, 0.1) is 0 Å². The average Bonchev–Trinajstić information content (AvgIpc) is 2.77. The number of aryl methyl sites for hydroxylation is 1. The molecule has 0 aromatic heterocycles. The number of hydrogen-bond acceptors (Lipinski definition) is 1. The van der Waals surface area contributed by atoms with Gasteiger partial charge < -0.3 is 5.73 Å². The molecule has 1 aromatic rings. The maximum atomic E-state index is 6.65. The first-order chi connectivity index (χ1) is 7.80. The lowest BCUT2D eigenvalue weighted by Crippen LogP contribution is -2.44. The van der Waals surface area contributed by atoms with Gasteiger partial charge >= 0.3 is 0 Å². The van der Waals surface area contributed by atoms with Crippen molar-refractivity contribution in [3.8, 4) is 0 Å². The molecule has 1 nitrogen and oxygen atoms in total. The average molecular weight is 215 g/mol. The summed E-state index contributed by atoms with van der Waals surface area (Å²) < 4.78 is 0. The third-order valence-electron chi connectivity index (χ3n) is 4.60. The molecule has 0 radical (unpaired) electrons. The molecule has 0 amide bonds. The quantitative estimate of drug-likeness (QED) is 0.763. The Labute approximate surface area is 98.0 Å². The Kier molecular flexibility index (Phi) is 2.51. The monoisotopic (exact) mass is 215 g/mol. The van der Waals surface area contributed by atoms with Gasteiger partial charge in [0.2, 0.25) is 0 Å². The summed E-state index contributed by atoms with van der Waals surface area (Å²) in [5.41, 5.74) is 9.86. The Morgan fingerprint density at radius 3 is 2.62 bits per heavy atom. The number of benzene rings is 1. The van der Waals surface area contributed by atoms with Gasteiger partial charge in [-0.25, -0.2) is 0 Å². The fourth-order valence-corrected chi connectivity index (χ4v) is 3.73. The van der Waals surface area contributed by atoms with Gasteiger partial charge in [-0.3, -0.25) is 0 Å². The second kappa shape index (κ2) is 3.89. The summed E-state index contributed by atoms with van der Waals surface area (Å²) in [6.45, 7) is 0. The summed E-state index contributed by atoms with van der Waals surface area (Å²) in [5, 5.41) is 0. The molecule has 0 heterocycles. The van der Waals surface area contributed by atoms with E-state index in [0.29, 0.717) is 5.92 Å². The van der Waals surface area contributed by atoms with Gasteiger partial charge in [0.25, 0.3) is 0 Å². The lowest BCUT2D eigenvalue weighted by atomic mass is 9.71. The van der Waals surface area contributed by atoms with Crippen LogP contribution in [-0.4, -0.2) is 5.54 Å². The molecule has 1 unspecified atom stereocenters. The highest BCUT2D eigenvalue weighted by molar-refractivity contribution is 5.35. The summed E-state index contributed by atoms with van der Waals surface area (Å²) in [6, 6.07) is 8.94. The van der Waals surface area contributed by atoms with E-state index in [1.54, 1.807) is 11.1 Å². The molecule has 2 N–H and O–H groups in total. The number of nitrogens with two attached hydrogens (primary N) is 1. The zero-order valence-electron chi connectivity index (χ0n) is 9.91. The molecule has 0 spiro atoms. The van der Waals surface area contributed by atoms with Crippen molar-refractivity contribution in [1.29, 1.82) is 0 Å². The minimum atomic E-state index is 0.108. The summed E-state index contributed by atoms with van der Waals surface area (Å²) >= 11 is 0. The van der Waals surface area contributed by atoms with E-state index in [2.05, 4.69) is 24.3 Å². The fourth-order valence-electron chi connectivity index (χ4n) is 3.73. The molecule has 16 heavy (non-hydrogen) atoms. The summed E-state index contributed by atoms with van der Waals surface area (Å²) in [5.74, 6) is 0.625. The van der Waals surface area contributed by atoms with Crippen LogP contribution in [-0.2, 0) is 6.42 Å². The maximum absolute atomic E-state index is 6.65. The molecule has 2 aliphatic carbocycles. The van der Waals surface area contributed by atoms with Crippen molar-refractivity contribution in [2.75, 3.05) is 0 Å². The lowest BCUT2D eigenvalue weighted by Gasteiger charge is -2.38. The van der Waals surface area contributed by atoms with E-state index < -0.39 is 0 Å². The topological polar surface area (TPSA) is 26.0 Å². The van der Waals surface area contributed by atoms with Crippen LogP contribution in [0.4, 0.5) is 0 Å². The highest BCUT2D eigenvalue weighted by Crippen LogP contribution is 2.45. The second-order valence-electron chi connectivity index (χ2n) is 5.58. The minimum Gasteiger partial charge on any atom is -0.325 e. The van der Waals surface area contributed by atoms with Crippen molar-refractivity contribution in [2.45, 2.75) is 56.4 Å². The summed E-state index contributed by atoms with van der Waals surface area (Å²) in [4.78, 5) is 0. The Morgan fingerprint density at radius 2 is 1.81 bits per heavy atom. The van der Waals surface area contributed by atoms with Crippen LogP contribution in [0.5, 0.6) is 0 Å². The van der Waals surface area contributed by atoms with E-state index in [1.165, 1.54) is 44.9 Å². The molecule has 1 atom stereocenters. The van der Waals surface area contributed by atoms with Gasteiger partial charge in [0, 0.05) is 11.5 Å². The lowest BCUT2D eigenvalue weighted by molar-refractivity contribution is 0.320. The Morgan fingerprint density at radius 1 is 1.06 bits per heavy atom. The van der Waals surface area contributed by atoms with Crippen LogP contribution in [0.15, 0.2) is 24.3 Å². The van der Waals surface area contributed by atoms with Crippen LogP contribution in [0.2, 0.25) is 0 Å². The van der Waals surface area contributed by atoms with E-state index >= 15 is 0 Å². The third-order valence-corrected chi connectivity index (χ3v) is 4.60. The van der Waals surface area contributed by atoms with Gasteiger partial charge in [0.15, 0.2) is 0 Å². The smallest absolute Gasteiger partial charge is 0.0223 e. The van der Waals surface area contributed by atoms with E-state index in [-0.39, 0.29) is 5.54 Å². The zero-order valence-corrected chi connectivity index (χ0v) is 9.91. The molecule has 86 valence electrons. The molecule has 1 saturated carbocycles.